The van der Waals surface area contributed by atoms with E-state index in [9.17, 15) is 4.79 Å². The van der Waals surface area contributed by atoms with E-state index in [-0.39, 0.29) is 5.97 Å². The van der Waals surface area contributed by atoms with Gasteiger partial charge in [0.05, 0.1) is 11.6 Å². The van der Waals surface area contributed by atoms with E-state index in [2.05, 4.69) is 25.1 Å². The number of rotatable bonds is 11. The van der Waals surface area contributed by atoms with Crippen molar-refractivity contribution in [3.05, 3.63) is 71.4 Å². The average Bonchev–Trinajstić information content (AvgIpc) is 3.28. The summed E-state index contributed by atoms with van der Waals surface area (Å²) in [4.78, 5) is 17.2. The van der Waals surface area contributed by atoms with E-state index in [0.29, 0.717) is 29.7 Å². The molecule has 2 aromatic carbocycles. The normalized spacial score (nSPS) is 11.1. The minimum atomic E-state index is -0.280. The third-order valence-electron chi connectivity index (χ3n) is 5.32. The lowest BCUT2D eigenvalue weighted by Crippen LogP contribution is -2.05. The van der Waals surface area contributed by atoms with Crippen molar-refractivity contribution in [2.45, 2.75) is 44.4 Å². The molecule has 1 aliphatic heterocycles. The van der Waals surface area contributed by atoms with Crippen LogP contribution in [0.4, 0.5) is 0 Å². The summed E-state index contributed by atoms with van der Waals surface area (Å²) in [6.45, 7) is 4.38. The van der Waals surface area contributed by atoms with Gasteiger partial charge in [0, 0.05) is 23.1 Å². The van der Waals surface area contributed by atoms with Gasteiger partial charge in [-0.25, -0.2) is 4.98 Å². The van der Waals surface area contributed by atoms with Gasteiger partial charge in [0.2, 0.25) is 0 Å². The number of thioether (sulfide) groups is 1. The Labute approximate surface area is 215 Å². The molecule has 0 saturated carbocycles. The van der Waals surface area contributed by atoms with Crippen LogP contribution in [0, 0.1) is 0 Å². The third-order valence-corrected chi connectivity index (χ3v) is 6.91. The first-order valence-corrected chi connectivity index (χ1v) is 13.2. The fourth-order valence-electron chi connectivity index (χ4n) is 3.57. The van der Waals surface area contributed by atoms with E-state index in [1.807, 2.05) is 30.3 Å². The molecule has 0 amide bonds. The van der Waals surface area contributed by atoms with Crippen LogP contribution in [0.1, 0.15) is 38.8 Å². The van der Waals surface area contributed by atoms with Crippen molar-refractivity contribution in [2.24, 2.45) is 0 Å². The van der Waals surface area contributed by atoms with Crippen molar-refractivity contribution in [2.75, 3.05) is 12.4 Å². The fraction of sp³-hybridized carbons (Fsp3) is 0.286. The molecular formula is C28H28ClNO4S. The summed E-state index contributed by atoms with van der Waals surface area (Å²) < 4.78 is 17.4. The summed E-state index contributed by atoms with van der Waals surface area (Å²) in [7, 11) is 0. The number of aromatic nitrogens is 1. The first-order chi connectivity index (χ1) is 17.1. The monoisotopic (exact) mass is 509 g/mol. The standard InChI is InChI=1S/C28H28ClNO4S/c1-3-9-23-28(34-25-17-20(16-24(25)30-23)19-10-6-5-7-11-19)32-14-8-15-35-26-13-12-21(18-22(26)29)33-27(31)4-2/h5-7,10-13,16-18H,3-4,8-9,14-15H2,1-2H3. The van der Waals surface area contributed by atoms with Crippen LogP contribution in [-0.4, -0.2) is 23.3 Å². The Bertz CT molecular complexity index is 1240. The summed E-state index contributed by atoms with van der Waals surface area (Å²) >= 11 is 7.99. The Morgan fingerprint density at radius 3 is 2.63 bits per heavy atom. The zero-order valence-corrected chi connectivity index (χ0v) is 21.5. The van der Waals surface area contributed by atoms with E-state index >= 15 is 0 Å². The number of aryl methyl sites for hydroxylation is 1. The molecule has 7 heteroatoms. The van der Waals surface area contributed by atoms with Crippen molar-refractivity contribution in [1.82, 2.24) is 4.98 Å². The van der Waals surface area contributed by atoms with Gasteiger partial charge in [-0.15, -0.1) is 11.8 Å². The van der Waals surface area contributed by atoms with Gasteiger partial charge in [-0.3, -0.25) is 4.79 Å². The predicted molar refractivity (Wildman–Crippen MR) is 141 cm³/mol. The molecule has 0 fully saturated rings. The van der Waals surface area contributed by atoms with Crippen LogP contribution in [0.5, 0.6) is 11.7 Å². The molecule has 2 aromatic rings. The number of ether oxygens (including phenoxy) is 2. The zero-order valence-electron chi connectivity index (χ0n) is 19.9. The van der Waals surface area contributed by atoms with Crippen molar-refractivity contribution in [3.8, 4) is 34.3 Å². The molecule has 0 atom stereocenters. The van der Waals surface area contributed by atoms with Gasteiger partial charge in [-0.1, -0.05) is 62.2 Å². The van der Waals surface area contributed by atoms with Crippen LogP contribution in [0.3, 0.4) is 0 Å². The summed E-state index contributed by atoms with van der Waals surface area (Å²) in [6.07, 6.45) is 2.88. The van der Waals surface area contributed by atoms with Crippen molar-refractivity contribution in [1.29, 1.82) is 0 Å². The summed E-state index contributed by atoms with van der Waals surface area (Å²) in [5, 5.41) is 0.567. The second kappa shape index (κ2) is 12.1. The number of benzene rings is 2. The van der Waals surface area contributed by atoms with Crippen LogP contribution < -0.4 is 9.47 Å². The van der Waals surface area contributed by atoms with Gasteiger partial charge in [0.15, 0.2) is 5.76 Å². The van der Waals surface area contributed by atoms with Gasteiger partial charge in [-0.05, 0) is 48.2 Å². The van der Waals surface area contributed by atoms with E-state index < -0.39 is 0 Å². The molecule has 1 aliphatic carbocycles. The lowest BCUT2D eigenvalue weighted by molar-refractivity contribution is -0.134. The second-order valence-electron chi connectivity index (χ2n) is 8.03. The number of nitrogens with zero attached hydrogens (tertiary/aromatic N) is 1. The smallest absolute Gasteiger partial charge is 0.310 e. The highest BCUT2D eigenvalue weighted by molar-refractivity contribution is 7.99. The summed E-state index contributed by atoms with van der Waals surface area (Å²) in [6, 6.07) is 19.6. The quantitative estimate of drug-likeness (QED) is 0.0885. The van der Waals surface area contributed by atoms with E-state index in [4.69, 9.17) is 30.5 Å². The molecule has 0 saturated heterocycles. The van der Waals surface area contributed by atoms with Crippen LogP contribution in [0.2, 0.25) is 5.02 Å². The molecule has 182 valence electrons. The number of hydrogen-bond acceptors (Lipinski definition) is 6. The maximum absolute atomic E-state index is 11.4. The molecule has 2 aliphatic rings. The number of carbonyl (C=O) groups is 1. The number of carbonyl (C=O) groups excluding carboxylic acids is 1. The lowest BCUT2D eigenvalue weighted by Gasteiger charge is -2.11. The van der Waals surface area contributed by atoms with Crippen molar-refractivity contribution >= 4 is 29.3 Å². The highest BCUT2D eigenvalue weighted by Crippen LogP contribution is 2.35. The Morgan fingerprint density at radius 1 is 1.06 bits per heavy atom. The van der Waals surface area contributed by atoms with E-state index in [1.165, 1.54) is 0 Å². The van der Waals surface area contributed by atoms with Gasteiger partial charge >= 0.3 is 11.9 Å². The third kappa shape index (κ3) is 6.59. The Hall–Kier alpha value is -2.96. The molecule has 4 rings (SSSR count). The zero-order chi connectivity index (χ0) is 24.6. The Kier molecular flexibility index (Phi) is 8.72. The maximum atomic E-state index is 11.4. The van der Waals surface area contributed by atoms with Crippen LogP contribution in [-0.2, 0) is 11.2 Å². The molecule has 0 spiro atoms. The van der Waals surface area contributed by atoms with Crippen LogP contribution in [0.25, 0.3) is 22.6 Å². The molecule has 0 aromatic heterocycles. The molecule has 5 nitrogen and oxygen atoms in total. The van der Waals surface area contributed by atoms with Crippen LogP contribution >= 0.6 is 23.4 Å². The van der Waals surface area contributed by atoms with Gasteiger partial charge < -0.3 is 13.9 Å². The predicted octanol–water partition coefficient (Wildman–Crippen LogP) is 7.93. The minimum Gasteiger partial charge on any atom is -0.464 e. The molecule has 0 N–H and O–H groups in total. The SMILES string of the molecule is CCCc1nc2cc(-c3ccccc3)cc-2oc1OCCCSc1ccc(OC(=O)CC)cc1Cl. The number of halogens is 1. The van der Waals surface area contributed by atoms with E-state index in [1.54, 1.807) is 30.8 Å². The van der Waals surface area contributed by atoms with E-state index in [0.717, 1.165) is 58.2 Å². The average molecular weight is 510 g/mol. The largest absolute Gasteiger partial charge is 0.464 e. The molecule has 1 heterocycles. The fourth-order valence-corrected chi connectivity index (χ4v) is 4.75. The number of fused-ring (bicyclic) bond motifs is 1. The molecular weight excluding hydrogens is 482 g/mol. The second-order valence-corrected chi connectivity index (χ2v) is 9.57. The topological polar surface area (TPSA) is 61.6 Å². The van der Waals surface area contributed by atoms with Crippen molar-refractivity contribution < 1.29 is 18.7 Å². The molecule has 0 unspecified atom stereocenters. The maximum Gasteiger partial charge on any atom is 0.310 e. The highest BCUT2D eigenvalue weighted by Gasteiger charge is 2.18. The van der Waals surface area contributed by atoms with Gasteiger partial charge in [-0.2, -0.15) is 0 Å². The minimum absolute atomic E-state index is 0.280. The summed E-state index contributed by atoms with van der Waals surface area (Å²) in [5.41, 5.74) is 3.91. The number of esters is 1. The summed E-state index contributed by atoms with van der Waals surface area (Å²) in [5.74, 6) is 2.22. The van der Waals surface area contributed by atoms with Gasteiger partial charge in [0.1, 0.15) is 17.1 Å². The van der Waals surface area contributed by atoms with Gasteiger partial charge in [0.25, 0.3) is 0 Å². The first-order valence-electron chi connectivity index (χ1n) is 11.8. The van der Waals surface area contributed by atoms with Crippen LogP contribution in [0.15, 0.2) is 70.0 Å². The Balaban J connectivity index is 1.36. The molecule has 0 bridgehead atoms. The Morgan fingerprint density at radius 2 is 1.89 bits per heavy atom. The van der Waals surface area contributed by atoms with Crippen molar-refractivity contribution in [3.63, 3.8) is 0 Å². The first kappa shape index (κ1) is 25.1. The number of hydrogen-bond donors (Lipinski definition) is 0. The lowest BCUT2D eigenvalue weighted by atomic mass is 10.1. The molecule has 0 radical (unpaired) electrons. The molecule has 35 heavy (non-hydrogen) atoms. The highest BCUT2D eigenvalue weighted by atomic mass is 35.5.